The molecule has 190 valence electrons. The van der Waals surface area contributed by atoms with Crippen LogP contribution in [0.5, 0.6) is 0 Å². The third-order valence-corrected chi connectivity index (χ3v) is 8.10. The fourth-order valence-corrected chi connectivity index (χ4v) is 5.65. The number of nitrogens with zero attached hydrogens (tertiary/aromatic N) is 2. The number of aromatic nitrogens is 2. The number of aliphatic carboxylic acids is 1. The molecule has 0 saturated carbocycles. The van der Waals surface area contributed by atoms with Crippen molar-refractivity contribution in [1.82, 2.24) is 15.3 Å². The summed E-state index contributed by atoms with van der Waals surface area (Å²) in [7, 11) is 0. The quantitative estimate of drug-likeness (QED) is 0.266. The fourth-order valence-electron chi connectivity index (χ4n) is 4.35. The van der Waals surface area contributed by atoms with Gasteiger partial charge in [0.15, 0.2) is 0 Å². The van der Waals surface area contributed by atoms with Crippen LogP contribution < -0.4 is 5.32 Å². The number of pyridine rings is 1. The van der Waals surface area contributed by atoms with E-state index in [1.807, 2.05) is 41.8 Å². The molecular weight excluding hydrogens is 541 g/mol. The summed E-state index contributed by atoms with van der Waals surface area (Å²) in [5.41, 5.74) is 2.33. The Labute approximate surface area is 233 Å². The predicted molar refractivity (Wildman–Crippen MR) is 150 cm³/mol. The molecule has 38 heavy (non-hydrogen) atoms. The predicted octanol–water partition coefficient (Wildman–Crippen LogP) is 6.56. The molecule has 9 heteroatoms. The molecule has 0 spiro atoms. The number of hydrogen-bond donors (Lipinski definition) is 2. The number of halogens is 2. The van der Waals surface area contributed by atoms with Crippen molar-refractivity contribution in [3.05, 3.63) is 122 Å². The molecule has 0 aliphatic heterocycles. The maximum Gasteiger partial charge on any atom is 0.332 e. The highest BCUT2D eigenvalue weighted by molar-refractivity contribution is 7.10. The average Bonchev–Trinajstić information content (AvgIpc) is 3.45. The molecule has 1 amide bonds. The number of benzene rings is 2. The van der Waals surface area contributed by atoms with Crippen molar-refractivity contribution in [2.75, 3.05) is 0 Å². The van der Waals surface area contributed by atoms with Gasteiger partial charge in [-0.25, -0.2) is 9.78 Å². The molecule has 1 unspecified atom stereocenters. The number of allylic oxidation sites excluding steroid dienone is 2. The molecule has 0 fully saturated rings. The van der Waals surface area contributed by atoms with E-state index in [-0.39, 0.29) is 24.4 Å². The largest absolute Gasteiger partial charge is 0.478 e. The minimum Gasteiger partial charge on any atom is -0.478 e. The van der Waals surface area contributed by atoms with Crippen molar-refractivity contribution in [3.63, 3.8) is 0 Å². The fraction of sp³-hybridized carbons (Fsp3) is 0.103. The maximum absolute atomic E-state index is 13.9. The van der Waals surface area contributed by atoms with Gasteiger partial charge >= 0.3 is 5.97 Å². The summed E-state index contributed by atoms with van der Waals surface area (Å²) >= 11 is 13.6. The molecule has 2 heterocycles. The van der Waals surface area contributed by atoms with E-state index < -0.39 is 11.4 Å². The van der Waals surface area contributed by atoms with Gasteiger partial charge in [0.1, 0.15) is 10.4 Å². The third kappa shape index (κ3) is 5.13. The molecule has 5 rings (SSSR count). The molecule has 1 atom stereocenters. The lowest BCUT2D eigenvalue weighted by molar-refractivity contribution is -0.133. The van der Waals surface area contributed by atoms with Gasteiger partial charge in [0.05, 0.1) is 15.7 Å². The number of nitrogens with one attached hydrogen (secondary N) is 1. The first-order valence-corrected chi connectivity index (χ1v) is 13.3. The second kappa shape index (κ2) is 10.9. The normalized spacial score (nSPS) is 16.9. The number of rotatable bonds is 7. The molecule has 0 bridgehead atoms. The van der Waals surface area contributed by atoms with Gasteiger partial charge < -0.3 is 10.4 Å². The lowest BCUT2D eigenvalue weighted by Gasteiger charge is -2.31. The zero-order valence-corrected chi connectivity index (χ0v) is 22.2. The summed E-state index contributed by atoms with van der Waals surface area (Å²) in [6.07, 6.45) is 6.75. The molecule has 1 aliphatic rings. The number of thiazole rings is 1. The summed E-state index contributed by atoms with van der Waals surface area (Å²) in [5.74, 6) is -1.43. The number of carboxylic acids is 1. The van der Waals surface area contributed by atoms with Crippen molar-refractivity contribution in [1.29, 1.82) is 0 Å². The van der Waals surface area contributed by atoms with Gasteiger partial charge in [0, 0.05) is 41.9 Å². The zero-order valence-electron chi connectivity index (χ0n) is 19.9. The minimum absolute atomic E-state index is 0.0593. The summed E-state index contributed by atoms with van der Waals surface area (Å²) in [4.78, 5) is 35.2. The van der Waals surface area contributed by atoms with Crippen LogP contribution in [-0.2, 0) is 21.5 Å². The number of hydrogen-bond acceptors (Lipinski definition) is 5. The average molecular weight is 562 g/mol. The standard InChI is InChI=1S/C29H21Cl2N3O3S/c30-23-9-8-20(13-24(23)31)25-17-38-28(34-25)29(27(37)33-16-18-5-4-12-32-15-18)11-10-21(22(14-29)26(35)36)19-6-2-1-3-7-19/h1-13,15,17H,14,16H2,(H,33,37)(H,35,36). The number of carboxylic acid groups (broad SMARTS) is 1. The van der Waals surface area contributed by atoms with E-state index in [1.165, 1.54) is 11.3 Å². The van der Waals surface area contributed by atoms with E-state index in [0.29, 0.717) is 26.3 Å². The smallest absolute Gasteiger partial charge is 0.332 e. The Kier molecular flexibility index (Phi) is 7.42. The van der Waals surface area contributed by atoms with Crippen LogP contribution in [0.1, 0.15) is 22.6 Å². The van der Waals surface area contributed by atoms with Crippen LogP contribution in [-0.4, -0.2) is 27.0 Å². The van der Waals surface area contributed by atoms with Gasteiger partial charge in [0.2, 0.25) is 5.91 Å². The van der Waals surface area contributed by atoms with Crippen LogP contribution in [0.15, 0.2) is 96.2 Å². The first-order valence-electron chi connectivity index (χ1n) is 11.7. The zero-order chi connectivity index (χ0) is 26.7. The molecule has 4 aromatic rings. The number of carbonyl (C=O) groups excluding carboxylic acids is 1. The van der Waals surface area contributed by atoms with Gasteiger partial charge in [-0.05, 0) is 34.9 Å². The molecule has 2 aromatic carbocycles. The maximum atomic E-state index is 13.9. The second-order valence-corrected chi connectivity index (χ2v) is 10.4. The lowest BCUT2D eigenvalue weighted by Crippen LogP contribution is -2.44. The molecule has 0 radical (unpaired) electrons. The van der Waals surface area contributed by atoms with E-state index in [4.69, 9.17) is 28.2 Å². The molecule has 0 saturated heterocycles. The van der Waals surface area contributed by atoms with Crippen molar-refractivity contribution < 1.29 is 14.7 Å². The first-order chi connectivity index (χ1) is 18.4. The lowest BCUT2D eigenvalue weighted by atomic mass is 9.74. The Bertz CT molecular complexity index is 1570. The highest BCUT2D eigenvalue weighted by Crippen LogP contribution is 2.43. The SMILES string of the molecule is O=C(O)C1=C(c2ccccc2)C=CC(C(=O)NCc2cccnc2)(c2nc(-c3ccc(Cl)c(Cl)c3)cs2)C1. The molecule has 2 N–H and O–H groups in total. The topological polar surface area (TPSA) is 92.2 Å². The summed E-state index contributed by atoms with van der Waals surface area (Å²) in [5, 5.41) is 16.3. The number of carbonyl (C=O) groups is 2. The van der Waals surface area contributed by atoms with E-state index in [0.717, 1.165) is 16.7 Å². The Morgan fingerprint density at radius 3 is 2.55 bits per heavy atom. The Morgan fingerprint density at radius 2 is 1.84 bits per heavy atom. The molecule has 6 nitrogen and oxygen atoms in total. The van der Waals surface area contributed by atoms with Crippen LogP contribution in [0, 0.1) is 0 Å². The third-order valence-electron chi connectivity index (χ3n) is 6.34. The van der Waals surface area contributed by atoms with Crippen LogP contribution >= 0.6 is 34.5 Å². The van der Waals surface area contributed by atoms with Crippen molar-refractivity contribution >= 4 is 52.0 Å². The minimum atomic E-state index is -1.33. The van der Waals surface area contributed by atoms with Crippen LogP contribution in [0.3, 0.4) is 0 Å². The summed E-state index contributed by atoms with van der Waals surface area (Å²) in [6, 6.07) is 18.1. The number of amides is 1. The van der Waals surface area contributed by atoms with Gasteiger partial charge in [0.25, 0.3) is 0 Å². The van der Waals surface area contributed by atoms with E-state index in [1.54, 1.807) is 48.8 Å². The highest BCUT2D eigenvalue weighted by Gasteiger charge is 2.45. The van der Waals surface area contributed by atoms with Crippen LogP contribution in [0.25, 0.3) is 16.8 Å². The molecule has 1 aliphatic carbocycles. The van der Waals surface area contributed by atoms with Crippen molar-refractivity contribution in [3.8, 4) is 11.3 Å². The summed E-state index contributed by atoms with van der Waals surface area (Å²) in [6.45, 7) is 0.241. The van der Waals surface area contributed by atoms with Gasteiger partial charge in [-0.2, -0.15) is 0 Å². The second-order valence-electron chi connectivity index (χ2n) is 8.76. The Morgan fingerprint density at radius 1 is 1.03 bits per heavy atom. The van der Waals surface area contributed by atoms with E-state index >= 15 is 0 Å². The van der Waals surface area contributed by atoms with Gasteiger partial charge in [-0.1, -0.05) is 77.8 Å². The summed E-state index contributed by atoms with van der Waals surface area (Å²) < 4.78 is 0. The van der Waals surface area contributed by atoms with Crippen molar-refractivity contribution in [2.45, 2.75) is 18.4 Å². The molecule has 2 aromatic heterocycles. The van der Waals surface area contributed by atoms with E-state index in [9.17, 15) is 14.7 Å². The first kappa shape index (κ1) is 25.9. The van der Waals surface area contributed by atoms with Crippen molar-refractivity contribution in [2.24, 2.45) is 0 Å². The van der Waals surface area contributed by atoms with E-state index in [2.05, 4.69) is 10.3 Å². The monoisotopic (exact) mass is 561 g/mol. The van der Waals surface area contributed by atoms with Crippen LogP contribution in [0.4, 0.5) is 0 Å². The Balaban J connectivity index is 1.56. The van der Waals surface area contributed by atoms with Crippen LogP contribution in [0.2, 0.25) is 10.0 Å². The highest BCUT2D eigenvalue weighted by atomic mass is 35.5. The van der Waals surface area contributed by atoms with Gasteiger partial charge in [-0.3, -0.25) is 9.78 Å². The Hall–Kier alpha value is -3.78. The molecular formula is C29H21Cl2N3O3S. The van der Waals surface area contributed by atoms with Gasteiger partial charge in [-0.15, -0.1) is 11.3 Å².